The average molecular weight is 349 g/mol. The van der Waals surface area contributed by atoms with Crippen molar-refractivity contribution in [3.63, 3.8) is 0 Å². The second-order valence-electron chi connectivity index (χ2n) is 6.56. The Bertz CT molecular complexity index is 748. The number of hydrogen-bond acceptors (Lipinski definition) is 4. The van der Waals surface area contributed by atoms with Crippen molar-refractivity contribution in [1.29, 1.82) is 5.26 Å². The summed E-state index contributed by atoms with van der Waals surface area (Å²) in [6.07, 6.45) is 0.872. The van der Waals surface area contributed by atoms with Gasteiger partial charge in [-0.1, -0.05) is 60.7 Å². The van der Waals surface area contributed by atoms with Crippen molar-refractivity contribution >= 4 is 6.09 Å². The molecule has 0 unspecified atom stereocenters. The highest BCUT2D eigenvalue weighted by atomic mass is 16.6. The van der Waals surface area contributed by atoms with E-state index in [1.54, 1.807) is 4.90 Å². The van der Waals surface area contributed by atoms with Gasteiger partial charge in [-0.25, -0.2) is 4.79 Å². The third-order valence-corrected chi connectivity index (χ3v) is 4.77. The van der Waals surface area contributed by atoms with E-state index >= 15 is 0 Å². The zero-order valence-electron chi connectivity index (χ0n) is 14.7. The van der Waals surface area contributed by atoms with Crippen molar-refractivity contribution in [2.24, 2.45) is 0 Å². The first kappa shape index (κ1) is 18.0. The van der Waals surface area contributed by atoms with Gasteiger partial charge in [-0.05, 0) is 24.0 Å². The van der Waals surface area contributed by atoms with Gasteiger partial charge in [0.25, 0.3) is 0 Å². The first-order valence-corrected chi connectivity index (χ1v) is 8.87. The van der Waals surface area contributed by atoms with Gasteiger partial charge in [0.15, 0.2) is 0 Å². The van der Waals surface area contributed by atoms with Crippen LogP contribution in [-0.2, 0) is 17.9 Å². The van der Waals surface area contributed by atoms with Crippen LogP contribution in [0.4, 0.5) is 4.79 Å². The summed E-state index contributed by atoms with van der Waals surface area (Å²) in [7, 11) is 0. The number of carbonyl (C=O) groups excluding carboxylic acids is 1. The summed E-state index contributed by atoms with van der Waals surface area (Å²) in [6, 6.07) is 22.1. The van der Waals surface area contributed by atoms with Gasteiger partial charge in [0.1, 0.15) is 12.1 Å². The molecule has 0 radical (unpaired) electrons. The van der Waals surface area contributed by atoms with Crippen LogP contribution in [0.3, 0.4) is 0 Å². The van der Waals surface area contributed by atoms with E-state index in [1.165, 1.54) is 0 Å². The van der Waals surface area contributed by atoms with Gasteiger partial charge in [0, 0.05) is 19.6 Å². The average Bonchev–Trinajstić information content (AvgIpc) is 2.72. The summed E-state index contributed by atoms with van der Waals surface area (Å²) in [5.41, 5.74) is 1.52. The van der Waals surface area contributed by atoms with Crippen molar-refractivity contribution in [2.75, 3.05) is 13.1 Å². The van der Waals surface area contributed by atoms with E-state index in [2.05, 4.69) is 11.4 Å². The van der Waals surface area contributed by atoms with Gasteiger partial charge in [0.2, 0.25) is 0 Å². The second-order valence-corrected chi connectivity index (χ2v) is 6.56. The van der Waals surface area contributed by atoms with Crippen LogP contribution in [0.5, 0.6) is 0 Å². The van der Waals surface area contributed by atoms with Crippen molar-refractivity contribution in [3.8, 4) is 6.07 Å². The van der Waals surface area contributed by atoms with Gasteiger partial charge in [-0.3, -0.25) is 5.32 Å². The van der Waals surface area contributed by atoms with E-state index in [0.29, 0.717) is 32.5 Å². The number of ether oxygens (including phenoxy) is 1. The lowest BCUT2D eigenvalue weighted by Crippen LogP contribution is -2.53. The normalized spacial score (nSPS) is 15.9. The first-order valence-electron chi connectivity index (χ1n) is 8.87. The fraction of sp³-hybridized carbons (Fsp3) is 0.333. The molecule has 5 heteroatoms. The number of hydrogen-bond donors (Lipinski definition) is 1. The summed E-state index contributed by atoms with van der Waals surface area (Å²) in [5.74, 6) is 0. The van der Waals surface area contributed by atoms with Gasteiger partial charge >= 0.3 is 6.09 Å². The number of nitrogens with zero attached hydrogens (tertiary/aromatic N) is 2. The Hall–Kier alpha value is -2.84. The number of benzene rings is 2. The van der Waals surface area contributed by atoms with Crippen LogP contribution in [-0.4, -0.2) is 29.6 Å². The zero-order valence-corrected chi connectivity index (χ0v) is 14.7. The number of carbonyl (C=O) groups is 1. The standard InChI is InChI=1S/C21H23N3O2/c22-17-21(23-15-18-7-3-1-4-8-18)11-13-24(14-12-21)20(25)26-16-19-9-5-2-6-10-19/h1-10,23H,11-16H2. The number of piperidine rings is 1. The summed E-state index contributed by atoms with van der Waals surface area (Å²) in [4.78, 5) is 13.9. The Labute approximate surface area is 154 Å². The molecule has 1 amide bonds. The number of rotatable bonds is 5. The van der Waals surface area contributed by atoms with E-state index in [9.17, 15) is 10.1 Å². The maximum absolute atomic E-state index is 12.3. The van der Waals surface area contributed by atoms with E-state index in [0.717, 1.165) is 11.1 Å². The quantitative estimate of drug-likeness (QED) is 0.898. The highest BCUT2D eigenvalue weighted by Crippen LogP contribution is 2.23. The molecule has 0 aliphatic carbocycles. The van der Waals surface area contributed by atoms with Crippen molar-refractivity contribution in [1.82, 2.24) is 10.2 Å². The van der Waals surface area contributed by atoms with Gasteiger partial charge < -0.3 is 9.64 Å². The summed E-state index contributed by atoms with van der Waals surface area (Å²) >= 11 is 0. The van der Waals surface area contributed by atoms with Crippen LogP contribution in [0.15, 0.2) is 60.7 Å². The fourth-order valence-corrected chi connectivity index (χ4v) is 3.08. The van der Waals surface area contributed by atoms with E-state index < -0.39 is 5.54 Å². The summed E-state index contributed by atoms with van der Waals surface area (Å²) in [5, 5.41) is 13.0. The molecule has 0 atom stereocenters. The predicted molar refractivity (Wildman–Crippen MR) is 99.1 cm³/mol. The minimum absolute atomic E-state index is 0.270. The molecule has 1 fully saturated rings. The van der Waals surface area contributed by atoms with Crippen LogP contribution in [0.1, 0.15) is 24.0 Å². The SMILES string of the molecule is N#CC1(NCc2ccccc2)CCN(C(=O)OCc2ccccc2)CC1. The second kappa shape index (κ2) is 8.50. The van der Waals surface area contributed by atoms with Crippen LogP contribution < -0.4 is 5.32 Å². The lowest BCUT2D eigenvalue weighted by Gasteiger charge is -2.37. The maximum atomic E-state index is 12.3. The largest absolute Gasteiger partial charge is 0.445 e. The van der Waals surface area contributed by atoms with E-state index in [-0.39, 0.29) is 12.7 Å². The monoisotopic (exact) mass is 349 g/mol. The molecule has 2 aromatic rings. The Morgan fingerprint density at radius 3 is 2.19 bits per heavy atom. The van der Waals surface area contributed by atoms with Crippen LogP contribution in [0, 0.1) is 11.3 Å². The molecular weight excluding hydrogens is 326 g/mol. The first-order chi connectivity index (χ1) is 12.7. The molecule has 0 bridgehead atoms. The third-order valence-electron chi connectivity index (χ3n) is 4.77. The topological polar surface area (TPSA) is 65.4 Å². The van der Waals surface area contributed by atoms with Crippen LogP contribution in [0.2, 0.25) is 0 Å². The molecular formula is C21H23N3O2. The molecule has 1 aliphatic heterocycles. The Kier molecular flexibility index (Phi) is 5.88. The minimum Gasteiger partial charge on any atom is -0.445 e. The van der Waals surface area contributed by atoms with Gasteiger partial charge in [-0.15, -0.1) is 0 Å². The molecule has 1 heterocycles. The highest BCUT2D eigenvalue weighted by molar-refractivity contribution is 5.67. The smallest absolute Gasteiger partial charge is 0.410 e. The Morgan fingerprint density at radius 1 is 1.04 bits per heavy atom. The number of likely N-dealkylation sites (tertiary alicyclic amines) is 1. The van der Waals surface area contributed by atoms with E-state index in [4.69, 9.17) is 4.74 Å². The third kappa shape index (κ3) is 4.62. The Balaban J connectivity index is 1.48. The number of nitrogens with one attached hydrogen (secondary N) is 1. The van der Waals surface area contributed by atoms with Crippen molar-refractivity contribution < 1.29 is 9.53 Å². The molecule has 1 aliphatic rings. The molecule has 0 saturated carbocycles. The molecule has 1 saturated heterocycles. The predicted octanol–water partition coefficient (Wildman–Crippen LogP) is 3.47. The van der Waals surface area contributed by atoms with E-state index in [1.807, 2.05) is 60.7 Å². The van der Waals surface area contributed by atoms with Gasteiger partial charge in [-0.2, -0.15) is 5.26 Å². The molecule has 134 valence electrons. The molecule has 1 N–H and O–H groups in total. The lowest BCUT2D eigenvalue weighted by molar-refractivity contribution is 0.0794. The summed E-state index contributed by atoms with van der Waals surface area (Å²) in [6.45, 7) is 1.95. The summed E-state index contributed by atoms with van der Waals surface area (Å²) < 4.78 is 5.38. The zero-order chi connectivity index (χ0) is 18.2. The lowest BCUT2D eigenvalue weighted by atomic mass is 9.89. The molecule has 3 rings (SSSR count). The van der Waals surface area contributed by atoms with Crippen molar-refractivity contribution in [2.45, 2.75) is 31.5 Å². The molecule has 2 aromatic carbocycles. The molecule has 0 aromatic heterocycles. The fourth-order valence-electron chi connectivity index (χ4n) is 3.08. The minimum atomic E-state index is -0.591. The number of amides is 1. The Morgan fingerprint density at radius 2 is 1.62 bits per heavy atom. The highest BCUT2D eigenvalue weighted by Gasteiger charge is 2.36. The molecule has 0 spiro atoms. The number of nitriles is 1. The molecule has 26 heavy (non-hydrogen) atoms. The van der Waals surface area contributed by atoms with Gasteiger partial charge in [0.05, 0.1) is 6.07 Å². The van der Waals surface area contributed by atoms with Crippen molar-refractivity contribution in [3.05, 3.63) is 71.8 Å². The van der Waals surface area contributed by atoms with Crippen LogP contribution >= 0.6 is 0 Å². The molecule has 5 nitrogen and oxygen atoms in total. The maximum Gasteiger partial charge on any atom is 0.410 e. The van der Waals surface area contributed by atoms with Crippen LogP contribution in [0.25, 0.3) is 0 Å².